The summed E-state index contributed by atoms with van der Waals surface area (Å²) in [7, 11) is 0. The number of hydrogen-bond donors (Lipinski definition) is 5. The zero-order chi connectivity index (χ0) is 28.7. The van der Waals surface area contributed by atoms with Crippen molar-refractivity contribution in [2.24, 2.45) is 17.8 Å². The SMILES string of the molecule is CCC(C)C1NC(=O)[C@H](C)[C@H](O)[C@H](Cc2cccnc2)NC(=O)[C@@H](NC(=O)c2ncccc2O)[C@@H](C)CC1=O. The topological polar surface area (TPSA) is 171 Å². The van der Waals surface area contributed by atoms with Crippen LogP contribution in [0.1, 0.15) is 56.6 Å². The standard InChI is InChI=1S/C28H37N5O6/c1-5-15(2)22-21(35)12-16(3)23(33-28(39)24-20(34)9-7-11-30-24)27(38)31-19(13-18-8-6-10-29-14-18)25(36)17(4)26(37)32-22/h6-11,14-17,19,22-23,25,34,36H,5,12-13H2,1-4H3,(H,31,38)(H,32,37)(H,33,39)/t15?,16-,17+,19-,22?,23-,25-/m0/s1. The van der Waals surface area contributed by atoms with Gasteiger partial charge in [-0.15, -0.1) is 0 Å². The normalized spacial score (nSPS) is 27.4. The maximum absolute atomic E-state index is 13.7. The van der Waals surface area contributed by atoms with Crippen molar-refractivity contribution in [3.63, 3.8) is 0 Å². The molecule has 3 heterocycles. The Morgan fingerprint density at radius 3 is 2.49 bits per heavy atom. The van der Waals surface area contributed by atoms with E-state index in [1.807, 2.05) is 13.8 Å². The second-order valence-corrected chi connectivity index (χ2v) is 10.3. The molecule has 11 heteroatoms. The smallest absolute Gasteiger partial charge is 0.274 e. The van der Waals surface area contributed by atoms with Gasteiger partial charge in [0.2, 0.25) is 11.8 Å². The highest BCUT2D eigenvalue weighted by molar-refractivity contribution is 5.98. The third-order valence-electron chi connectivity index (χ3n) is 7.36. The minimum atomic E-state index is -1.31. The second kappa shape index (κ2) is 13.3. The maximum atomic E-state index is 13.7. The van der Waals surface area contributed by atoms with Crippen molar-refractivity contribution in [2.45, 2.75) is 71.2 Å². The lowest BCUT2D eigenvalue weighted by molar-refractivity contribution is -0.136. The van der Waals surface area contributed by atoms with E-state index in [1.165, 1.54) is 25.3 Å². The van der Waals surface area contributed by atoms with E-state index in [0.29, 0.717) is 6.42 Å². The number of aliphatic hydroxyl groups excluding tert-OH is 1. The van der Waals surface area contributed by atoms with Crippen molar-refractivity contribution in [3.8, 4) is 5.75 Å². The Morgan fingerprint density at radius 2 is 1.85 bits per heavy atom. The average molecular weight is 540 g/mol. The second-order valence-electron chi connectivity index (χ2n) is 10.3. The molecule has 2 aromatic rings. The van der Waals surface area contributed by atoms with Crippen molar-refractivity contribution in [1.82, 2.24) is 25.9 Å². The van der Waals surface area contributed by atoms with E-state index in [2.05, 4.69) is 25.9 Å². The van der Waals surface area contributed by atoms with E-state index in [1.54, 1.807) is 31.5 Å². The molecule has 2 unspecified atom stereocenters. The van der Waals surface area contributed by atoms with Crippen molar-refractivity contribution in [3.05, 3.63) is 54.1 Å². The molecule has 3 rings (SSSR count). The lowest BCUT2D eigenvalue weighted by Crippen LogP contribution is -2.59. The number of ketones is 1. The maximum Gasteiger partial charge on any atom is 0.274 e. The summed E-state index contributed by atoms with van der Waals surface area (Å²) >= 11 is 0. The zero-order valence-corrected chi connectivity index (χ0v) is 22.6. The first-order valence-electron chi connectivity index (χ1n) is 13.2. The van der Waals surface area contributed by atoms with Gasteiger partial charge in [-0.1, -0.05) is 40.2 Å². The predicted octanol–water partition coefficient (Wildman–Crippen LogP) is 1.14. The first kappa shape index (κ1) is 29.7. The highest BCUT2D eigenvalue weighted by Gasteiger charge is 2.39. The summed E-state index contributed by atoms with van der Waals surface area (Å²) in [6.45, 7) is 6.94. The van der Waals surface area contributed by atoms with Crippen LogP contribution in [-0.4, -0.2) is 67.9 Å². The lowest BCUT2D eigenvalue weighted by Gasteiger charge is -2.34. The Morgan fingerprint density at radius 1 is 1.13 bits per heavy atom. The quantitative estimate of drug-likeness (QED) is 0.364. The fourth-order valence-corrected chi connectivity index (χ4v) is 4.68. The van der Waals surface area contributed by atoms with Crippen LogP contribution in [0.15, 0.2) is 42.9 Å². The van der Waals surface area contributed by atoms with E-state index < -0.39 is 53.8 Å². The third-order valence-corrected chi connectivity index (χ3v) is 7.36. The molecule has 0 spiro atoms. The van der Waals surface area contributed by atoms with Crippen LogP contribution in [0.4, 0.5) is 0 Å². The minimum Gasteiger partial charge on any atom is -0.505 e. The number of pyridine rings is 2. The highest BCUT2D eigenvalue weighted by atomic mass is 16.3. The van der Waals surface area contributed by atoms with Crippen LogP contribution < -0.4 is 16.0 Å². The molecule has 7 atom stereocenters. The molecule has 3 amide bonds. The molecule has 0 saturated carbocycles. The van der Waals surface area contributed by atoms with E-state index in [0.717, 1.165) is 5.56 Å². The number of hydrogen-bond acceptors (Lipinski definition) is 8. The molecule has 0 radical (unpaired) electrons. The van der Waals surface area contributed by atoms with E-state index in [4.69, 9.17) is 0 Å². The predicted molar refractivity (Wildman–Crippen MR) is 142 cm³/mol. The third kappa shape index (κ3) is 7.38. The van der Waals surface area contributed by atoms with Gasteiger partial charge in [0, 0.05) is 25.0 Å². The Bertz CT molecular complexity index is 1180. The van der Waals surface area contributed by atoms with Crippen LogP contribution in [0.2, 0.25) is 0 Å². The molecule has 1 fully saturated rings. The summed E-state index contributed by atoms with van der Waals surface area (Å²) in [5, 5.41) is 29.6. The molecule has 2 aromatic heterocycles. The van der Waals surface area contributed by atoms with E-state index in [9.17, 15) is 29.4 Å². The Labute approximate surface area is 227 Å². The van der Waals surface area contributed by atoms with E-state index >= 15 is 0 Å². The van der Waals surface area contributed by atoms with Gasteiger partial charge in [0.15, 0.2) is 11.5 Å². The summed E-state index contributed by atoms with van der Waals surface area (Å²) in [5.41, 5.74) is 0.460. The number of aliphatic hydroxyl groups is 1. The van der Waals surface area contributed by atoms with Crippen molar-refractivity contribution in [1.29, 1.82) is 0 Å². The number of Topliss-reactive ketones (excluding diaryl/α,β-unsaturated/α-hetero) is 1. The number of aromatic hydroxyl groups is 1. The molecular formula is C28H37N5O6. The number of carbonyl (C=O) groups is 4. The van der Waals surface area contributed by atoms with Gasteiger partial charge >= 0.3 is 0 Å². The molecule has 39 heavy (non-hydrogen) atoms. The summed E-state index contributed by atoms with van der Waals surface area (Å²) in [4.78, 5) is 61.2. The summed E-state index contributed by atoms with van der Waals surface area (Å²) in [5.74, 6) is -4.40. The van der Waals surface area contributed by atoms with Gasteiger partial charge in [0.05, 0.1) is 24.1 Å². The monoisotopic (exact) mass is 539 g/mol. The molecule has 5 N–H and O–H groups in total. The van der Waals surface area contributed by atoms with Crippen molar-refractivity contribution < 1.29 is 29.4 Å². The summed E-state index contributed by atoms with van der Waals surface area (Å²) in [6.07, 6.45) is 3.90. The molecule has 0 aliphatic carbocycles. The highest BCUT2D eigenvalue weighted by Crippen LogP contribution is 2.21. The molecule has 1 aliphatic heterocycles. The minimum absolute atomic E-state index is 0.105. The number of carbonyl (C=O) groups excluding carboxylic acids is 4. The molecular weight excluding hydrogens is 502 g/mol. The van der Waals surface area contributed by atoms with Gasteiger partial charge in [-0.05, 0) is 42.0 Å². The van der Waals surface area contributed by atoms with Crippen LogP contribution in [0.5, 0.6) is 5.75 Å². The molecule has 210 valence electrons. The fourth-order valence-electron chi connectivity index (χ4n) is 4.68. The van der Waals surface area contributed by atoms with Gasteiger partial charge in [-0.25, -0.2) is 4.98 Å². The van der Waals surface area contributed by atoms with Crippen LogP contribution in [0.3, 0.4) is 0 Å². The van der Waals surface area contributed by atoms with Crippen LogP contribution in [0.25, 0.3) is 0 Å². The summed E-state index contributed by atoms with van der Waals surface area (Å²) < 4.78 is 0. The van der Waals surface area contributed by atoms with Crippen LogP contribution in [0, 0.1) is 17.8 Å². The first-order valence-corrected chi connectivity index (χ1v) is 13.2. The fraction of sp³-hybridized carbons (Fsp3) is 0.500. The molecule has 0 aromatic carbocycles. The number of rotatable bonds is 6. The van der Waals surface area contributed by atoms with Gasteiger partial charge in [0.25, 0.3) is 5.91 Å². The summed E-state index contributed by atoms with van der Waals surface area (Å²) in [6, 6.07) is 3.35. The average Bonchev–Trinajstić information content (AvgIpc) is 2.92. The molecule has 1 saturated heterocycles. The van der Waals surface area contributed by atoms with Gasteiger partial charge in [-0.2, -0.15) is 0 Å². The first-order chi connectivity index (χ1) is 18.5. The van der Waals surface area contributed by atoms with Crippen LogP contribution in [-0.2, 0) is 20.8 Å². The lowest BCUT2D eigenvalue weighted by atomic mass is 9.85. The van der Waals surface area contributed by atoms with Crippen LogP contribution >= 0.6 is 0 Å². The number of aromatic nitrogens is 2. The number of nitrogens with zero attached hydrogens (tertiary/aromatic N) is 2. The van der Waals surface area contributed by atoms with Gasteiger partial charge in [0.1, 0.15) is 11.8 Å². The van der Waals surface area contributed by atoms with Gasteiger partial charge in [-0.3, -0.25) is 24.2 Å². The Kier molecular flexibility index (Phi) is 10.1. The Hall–Kier alpha value is -3.86. The Balaban J connectivity index is 2.00. The van der Waals surface area contributed by atoms with Crippen molar-refractivity contribution in [2.75, 3.05) is 0 Å². The zero-order valence-electron chi connectivity index (χ0n) is 22.6. The molecule has 11 nitrogen and oxygen atoms in total. The van der Waals surface area contributed by atoms with Crippen molar-refractivity contribution >= 4 is 23.5 Å². The van der Waals surface area contributed by atoms with E-state index in [-0.39, 0.29) is 36.0 Å². The molecule has 0 bridgehead atoms. The molecule has 1 aliphatic rings. The number of nitrogens with one attached hydrogen (secondary N) is 3. The largest absolute Gasteiger partial charge is 0.505 e. The number of amides is 3. The van der Waals surface area contributed by atoms with Gasteiger partial charge < -0.3 is 26.2 Å².